The van der Waals surface area contributed by atoms with Crippen molar-refractivity contribution in [3.8, 4) is 5.75 Å². The van der Waals surface area contributed by atoms with E-state index in [-0.39, 0.29) is 19.0 Å². The highest BCUT2D eigenvalue weighted by Gasteiger charge is 2.48. The molecular formula is C25H27FN4O5S. The normalized spacial score (nSPS) is 26.8. The lowest BCUT2D eigenvalue weighted by atomic mass is 10.1. The SMILES string of the molecule is Cc1cc(N=S2(=O)CCCC2)cc2ncnc(Nc3ccc(F)cc3O[C@@H]3CO[C@H]4[C@@H]3OC[C@H]4O)c12. The van der Waals surface area contributed by atoms with Gasteiger partial charge in [0.1, 0.15) is 42.0 Å². The number of aliphatic hydroxyl groups excluding tert-OH is 1. The average molecular weight is 515 g/mol. The summed E-state index contributed by atoms with van der Waals surface area (Å²) in [4.78, 5) is 8.84. The van der Waals surface area contributed by atoms with Crippen LogP contribution in [0.1, 0.15) is 18.4 Å². The summed E-state index contributed by atoms with van der Waals surface area (Å²) in [7, 11) is -2.20. The molecule has 0 saturated carbocycles. The minimum atomic E-state index is -2.20. The summed E-state index contributed by atoms with van der Waals surface area (Å²) in [6.07, 6.45) is 1.26. The third kappa shape index (κ3) is 4.40. The van der Waals surface area contributed by atoms with Gasteiger partial charge in [0.15, 0.2) is 6.10 Å². The third-order valence-corrected chi connectivity index (χ3v) is 9.22. The van der Waals surface area contributed by atoms with Gasteiger partial charge in [0, 0.05) is 23.0 Å². The summed E-state index contributed by atoms with van der Waals surface area (Å²) in [6, 6.07) is 7.93. The van der Waals surface area contributed by atoms with Gasteiger partial charge >= 0.3 is 0 Å². The highest BCUT2D eigenvalue weighted by molar-refractivity contribution is 7.93. The van der Waals surface area contributed by atoms with Crippen molar-refractivity contribution in [3.63, 3.8) is 0 Å². The zero-order chi connectivity index (χ0) is 24.9. The summed E-state index contributed by atoms with van der Waals surface area (Å²) in [5, 5.41) is 14.0. The Morgan fingerprint density at radius 3 is 2.78 bits per heavy atom. The third-order valence-electron chi connectivity index (χ3n) is 6.83. The smallest absolute Gasteiger partial charge is 0.151 e. The maximum atomic E-state index is 14.2. The molecule has 0 unspecified atom stereocenters. The highest BCUT2D eigenvalue weighted by atomic mass is 32.2. The van der Waals surface area contributed by atoms with Gasteiger partial charge in [-0.05, 0) is 49.6 Å². The molecule has 0 spiro atoms. The fourth-order valence-electron chi connectivity index (χ4n) is 5.09. The van der Waals surface area contributed by atoms with Crippen molar-refractivity contribution in [3.05, 3.63) is 48.0 Å². The molecule has 6 rings (SSSR count). The van der Waals surface area contributed by atoms with Crippen LogP contribution in [0, 0.1) is 12.7 Å². The topological polar surface area (TPSA) is 115 Å². The van der Waals surface area contributed by atoms with Crippen LogP contribution in [0.4, 0.5) is 21.6 Å². The van der Waals surface area contributed by atoms with Gasteiger partial charge < -0.3 is 24.6 Å². The molecule has 4 atom stereocenters. The first-order chi connectivity index (χ1) is 17.4. The van der Waals surface area contributed by atoms with Gasteiger partial charge in [-0.15, -0.1) is 0 Å². The first-order valence-corrected chi connectivity index (χ1v) is 13.9. The van der Waals surface area contributed by atoms with E-state index in [1.54, 1.807) is 6.07 Å². The van der Waals surface area contributed by atoms with Crippen molar-refractivity contribution in [1.29, 1.82) is 0 Å². The molecule has 3 fully saturated rings. The maximum Gasteiger partial charge on any atom is 0.151 e. The van der Waals surface area contributed by atoms with Crippen LogP contribution >= 0.6 is 0 Å². The average Bonchev–Trinajstić information content (AvgIpc) is 3.54. The van der Waals surface area contributed by atoms with Crippen molar-refractivity contribution in [2.24, 2.45) is 4.36 Å². The Kier molecular flexibility index (Phi) is 6.03. The Morgan fingerprint density at radius 2 is 1.94 bits per heavy atom. The molecule has 0 radical (unpaired) electrons. The number of benzene rings is 2. The molecule has 2 N–H and O–H groups in total. The molecule has 1 aromatic heterocycles. The molecule has 3 saturated heterocycles. The van der Waals surface area contributed by atoms with E-state index < -0.39 is 40.0 Å². The number of hydrogen-bond acceptors (Lipinski definition) is 9. The van der Waals surface area contributed by atoms with E-state index >= 15 is 0 Å². The van der Waals surface area contributed by atoms with Gasteiger partial charge in [-0.1, -0.05) is 0 Å². The molecule has 4 heterocycles. The minimum absolute atomic E-state index is 0.179. The van der Waals surface area contributed by atoms with Gasteiger partial charge in [0.05, 0.1) is 39.8 Å². The van der Waals surface area contributed by atoms with E-state index in [9.17, 15) is 13.7 Å². The fraction of sp³-hybridized carbons (Fsp3) is 0.440. The number of nitrogens with zero attached hydrogens (tertiary/aromatic N) is 3. The van der Waals surface area contributed by atoms with Gasteiger partial charge in [-0.25, -0.2) is 18.6 Å². The second-order valence-electron chi connectivity index (χ2n) is 9.44. The number of halogens is 1. The fourth-order valence-corrected chi connectivity index (χ4v) is 7.28. The summed E-state index contributed by atoms with van der Waals surface area (Å²) >= 11 is 0. The summed E-state index contributed by atoms with van der Waals surface area (Å²) < 4.78 is 49.1. The number of fused-ring (bicyclic) bond motifs is 2. The predicted octanol–water partition coefficient (Wildman–Crippen LogP) is 3.62. The number of nitrogens with one attached hydrogen (secondary N) is 1. The number of anilines is 2. The number of rotatable bonds is 5. The lowest BCUT2D eigenvalue weighted by Crippen LogP contribution is -2.34. The number of hydrogen-bond donors (Lipinski definition) is 2. The quantitative estimate of drug-likeness (QED) is 0.531. The Bertz CT molecular complexity index is 1430. The molecule has 3 aliphatic rings. The van der Waals surface area contributed by atoms with Gasteiger partial charge in [0.2, 0.25) is 0 Å². The molecule has 9 nitrogen and oxygen atoms in total. The molecular weight excluding hydrogens is 487 g/mol. The molecule has 3 aromatic rings. The van der Waals surface area contributed by atoms with Crippen molar-refractivity contribution in [2.75, 3.05) is 30.0 Å². The first-order valence-electron chi connectivity index (χ1n) is 12.0. The summed E-state index contributed by atoms with van der Waals surface area (Å²) in [6.45, 7) is 2.34. The molecule has 0 bridgehead atoms. The van der Waals surface area contributed by atoms with Gasteiger partial charge in [0.25, 0.3) is 0 Å². The van der Waals surface area contributed by atoms with Crippen LogP contribution in [0.25, 0.3) is 10.9 Å². The molecule has 2 aromatic carbocycles. The summed E-state index contributed by atoms with van der Waals surface area (Å²) in [5.74, 6) is 1.62. The minimum Gasteiger partial charge on any atom is -0.483 e. The van der Waals surface area contributed by atoms with Crippen LogP contribution in [0.15, 0.2) is 41.0 Å². The Balaban J connectivity index is 1.32. The molecule has 0 aliphatic carbocycles. The molecule has 11 heteroatoms. The maximum absolute atomic E-state index is 14.2. The van der Waals surface area contributed by atoms with Crippen molar-refractivity contribution < 1.29 is 27.9 Å². The number of aliphatic hydroxyl groups is 1. The Morgan fingerprint density at radius 1 is 1.14 bits per heavy atom. The molecule has 190 valence electrons. The van der Waals surface area contributed by atoms with E-state index in [1.807, 2.05) is 19.1 Å². The predicted molar refractivity (Wildman–Crippen MR) is 133 cm³/mol. The Labute approximate surface area is 208 Å². The van der Waals surface area contributed by atoms with Gasteiger partial charge in [-0.2, -0.15) is 4.36 Å². The van der Waals surface area contributed by atoms with Crippen LogP contribution in [-0.2, 0) is 19.2 Å². The van der Waals surface area contributed by atoms with E-state index in [4.69, 9.17) is 14.2 Å². The van der Waals surface area contributed by atoms with Crippen LogP contribution in [-0.4, -0.2) is 68.4 Å². The van der Waals surface area contributed by atoms with E-state index in [1.165, 1.54) is 18.5 Å². The second kappa shape index (κ2) is 9.22. The molecule has 3 aliphatic heterocycles. The number of ether oxygens (including phenoxy) is 3. The van der Waals surface area contributed by atoms with Gasteiger partial charge in [-0.3, -0.25) is 0 Å². The van der Waals surface area contributed by atoms with Crippen LogP contribution in [0.2, 0.25) is 0 Å². The Hall–Kier alpha value is -2.86. The number of aryl methyl sites for hydroxylation is 1. The zero-order valence-electron chi connectivity index (χ0n) is 19.7. The van der Waals surface area contributed by atoms with Crippen LogP contribution in [0.3, 0.4) is 0 Å². The zero-order valence-corrected chi connectivity index (χ0v) is 20.5. The van der Waals surface area contributed by atoms with E-state index in [0.29, 0.717) is 34.2 Å². The van der Waals surface area contributed by atoms with E-state index in [0.717, 1.165) is 23.8 Å². The summed E-state index contributed by atoms with van der Waals surface area (Å²) in [5.41, 5.74) is 2.70. The second-order valence-corrected chi connectivity index (χ2v) is 12.0. The van der Waals surface area contributed by atoms with Crippen molar-refractivity contribution >= 4 is 37.8 Å². The largest absolute Gasteiger partial charge is 0.483 e. The standard InChI is InChI=1S/C25H27FN4O5S/c1-14-8-16(30-36(32)6-2-3-7-36)10-18-22(14)25(28-13-27-18)29-17-5-4-15(26)9-20(17)35-21-12-34-23-19(31)11-33-24(21)23/h4-5,8-10,13,19,21,23-24,31H,2-3,6-7,11-12H2,1H3,(H,27,28,29)/t19-,21-,23-,24-/m1/s1. The lowest BCUT2D eigenvalue weighted by molar-refractivity contribution is 0.00871. The first kappa shape index (κ1) is 23.5. The van der Waals surface area contributed by atoms with E-state index in [2.05, 4.69) is 19.6 Å². The monoisotopic (exact) mass is 514 g/mol. The molecule has 0 amide bonds. The van der Waals surface area contributed by atoms with Crippen molar-refractivity contribution in [2.45, 2.75) is 44.2 Å². The number of aromatic nitrogens is 2. The highest BCUT2D eigenvalue weighted by Crippen LogP contribution is 2.36. The van der Waals surface area contributed by atoms with Crippen LogP contribution in [0.5, 0.6) is 5.75 Å². The molecule has 36 heavy (non-hydrogen) atoms. The van der Waals surface area contributed by atoms with Crippen molar-refractivity contribution in [1.82, 2.24) is 9.97 Å². The van der Waals surface area contributed by atoms with Crippen LogP contribution < -0.4 is 10.1 Å². The lowest BCUT2D eigenvalue weighted by Gasteiger charge is -2.21.